The number of nitrogens with zero attached hydrogens (tertiary/aromatic N) is 2. The quantitative estimate of drug-likeness (QED) is 0.252. The second-order valence-electron chi connectivity index (χ2n) is 3.62. The van der Waals surface area contributed by atoms with Crippen LogP contribution < -0.4 is 16.0 Å². The number of carbonyl (C=O) groups is 2. The van der Waals surface area contributed by atoms with Crippen LogP contribution in [-0.2, 0) is 4.79 Å². The SMILES string of the molecule is CN=C(NCCSC)NCCN1C(=O)CNC1=O. The zero-order valence-corrected chi connectivity index (χ0v) is 11.5. The van der Waals surface area contributed by atoms with Crippen molar-refractivity contribution in [1.29, 1.82) is 0 Å². The van der Waals surface area contributed by atoms with Crippen molar-refractivity contribution in [1.82, 2.24) is 20.9 Å². The van der Waals surface area contributed by atoms with E-state index in [-0.39, 0.29) is 18.5 Å². The number of aliphatic imine (C=N–C) groups is 1. The third kappa shape index (κ3) is 4.44. The molecule has 1 rings (SSSR count). The summed E-state index contributed by atoms with van der Waals surface area (Å²) in [5.41, 5.74) is 0. The zero-order chi connectivity index (χ0) is 13.4. The Bertz CT molecular complexity index is 318. The summed E-state index contributed by atoms with van der Waals surface area (Å²) >= 11 is 1.75. The van der Waals surface area contributed by atoms with Gasteiger partial charge in [-0.05, 0) is 6.26 Å². The number of amides is 3. The highest BCUT2D eigenvalue weighted by molar-refractivity contribution is 7.98. The van der Waals surface area contributed by atoms with Gasteiger partial charge in [-0.2, -0.15) is 11.8 Å². The van der Waals surface area contributed by atoms with E-state index in [1.54, 1.807) is 18.8 Å². The summed E-state index contributed by atoms with van der Waals surface area (Å²) in [6, 6.07) is -0.327. The molecule has 0 saturated carbocycles. The zero-order valence-electron chi connectivity index (χ0n) is 10.7. The molecule has 0 aromatic heterocycles. The van der Waals surface area contributed by atoms with E-state index in [1.807, 2.05) is 6.26 Å². The average Bonchev–Trinajstić information content (AvgIpc) is 2.68. The Hall–Kier alpha value is -1.44. The molecule has 102 valence electrons. The van der Waals surface area contributed by atoms with Gasteiger partial charge in [0, 0.05) is 32.4 Å². The van der Waals surface area contributed by atoms with Crippen molar-refractivity contribution >= 4 is 29.7 Å². The summed E-state index contributed by atoms with van der Waals surface area (Å²) in [7, 11) is 1.68. The van der Waals surface area contributed by atoms with E-state index >= 15 is 0 Å². The maximum absolute atomic E-state index is 11.3. The lowest BCUT2D eigenvalue weighted by Gasteiger charge is -2.15. The van der Waals surface area contributed by atoms with Gasteiger partial charge in [0.1, 0.15) is 0 Å². The van der Waals surface area contributed by atoms with Gasteiger partial charge < -0.3 is 16.0 Å². The molecule has 0 aromatic rings. The number of thioether (sulfide) groups is 1. The molecular weight excluding hydrogens is 254 g/mol. The lowest BCUT2D eigenvalue weighted by atomic mass is 10.5. The van der Waals surface area contributed by atoms with E-state index in [0.29, 0.717) is 19.0 Å². The molecule has 0 aromatic carbocycles. The molecule has 7 nitrogen and oxygen atoms in total. The molecule has 1 saturated heterocycles. The molecule has 3 N–H and O–H groups in total. The fourth-order valence-electron chi connectivity index (χ4n) is 1.46. The van der Waals surface area contributed by atoms with Gasteiger partial charge >= 0.3 is 6.03 Å². The number of hydrogen-bond donors (Lipinski definition) is 3. The number of carbonyl (C=O) groups excluding carboxylic acids is 2. The van der Waals surface area contributed by atoms with E-state index in [0.717, 1.165) is 12.3 Å². The van der Waals surface area contributed by atoms with Crippen LogP contribution in [0, 0.1) is 0 Å². The van der Waals surface area contributed by atoms with Crippen LogP contribution in [0.5, 0.6) is 0 Å². The summed E-state index contributed by atoms with van der Waals surface area (Å²) in [5.74, 6) is 1.48. The molecule has 0 aliphatic carbocycles. The molecule has 3 amide bonds. The smallest absolute Gasteiger partial charge is 0.324 e. The van der Waals surface area contributed by atoms with Gasteiger partial charge in [0.25, 0.3) is 0 Å². The molecule has 0 bridgehead atoms. The van der Waals surface area contributed by atoms with Crippen molar-refractivity contribution in [3.63, 3.8) is 0 Å². The van der Waals surface area contributed by atoms with E-state index in [9.17, 15) is 9.59 Å². The molecular formula is C10H19N5O2S. The van der Waals surface area contributed by atoms with E-state index in [4.69, 9.17) is 0 Å². The topological polar surface area (TPSA) is 85.8 Å². The predicted octanol–water partition coefficient (Wildman–Crippen LogP) is -0.934. The number of rotatable bonds is 6. The molecule has 8 heteroatoms. The summed E-state index contributed by atoms with van der Waals surface area (Å²) in [4.78, 5) is 27.8. The van der Waals surface area contributed by atoms with Crippen LogP contribution >= 0.6 is 11.8 Å². The van der Waals surface area contributed by atoms with Crippen LogP contribution in [0.1, 0.15) is 0 Å². The van der Waals surface area contributed by atoms with Crippen LogP contribution in [0.4, 0.5) is 4.79 Å². The van der Waals surface area contributed by atoms with Crippen LogP contribution in [0.25, 0.3) is 0 Å². The number of nitrogens with one attached hydrogen (secondary N) is 3. The highest BCUT2D eigenvalue weighted by atomic mass is 32.2. The first-order chi connectivity index (χ1) is 8.69. The molecule has 1 heterocycles. The van der Waals surface area contributed by atoms with Crippen molar-refractivity contribution in [3.8, 4) is 0 Å². The first-order valence-electron chi connectivity index (χ1n) is 5.70. The van der Waals surface area contributed by atoms with E-state index in [2.05, 4.69) is 20.9 Å². The van der Waals surface area contributed by atoms with Gasteiger partial charge in [-0.3, -0.25) is 14.7 Å². The number of urea groups is 1. The van der Waals surface area contributed by atoms with E-state index < -0.39 is 0 Å². The highest BCUT2D eigenvalue weighted by Crippen LogP contribution is 1.96. The number of hydrogen-bond acceptors (Lipinski definition) is 4. The maximum Gasteiger partial charge on any atom is 0.324 e. The van der Waals surface area contributed by atoms with Crippen molar-refractivity contribution in [2.24, 2.45) is 4.99 Å². The minimum atomic E-state index is -0.327. The van der Waals surface area contributed by atoms with Gasteiger partial charge in [0.15, 0.2) is 5.96 Å². The van der Waals surface area contributed by atoms with Crippen LogP contribution in [0.3, 0.4) is 0 Å². The van der Waals surface area contributed by atoms with Crippen LogP contribution in [0.15, 0.2) is 4.99 Å². The normalized spacial score (nSPS) is 15.9. The molecule has 1 aliphatic rings. The van der Waals surface area contributed by atoms with Gasteiger partial charge in [0.2, 0.25) is 5.91 Å². The summed E-state index contributed by atoms with van der Waals surface area (Å²) in [6.45, 7) is 1.75. The Morgan fingerprint density at radius 1 is 1.44 bits per heavy atom. The largest absolute Gasteiger partial charge is 0.356 e. The Balaban J connectivity index is 2.23. The predicted molar refractivity (Wildman–Crippen MR) is 72.9 cm³/mol. The second kappa shape index (κ2) is 7.80. The van der Waals surface area contributed by atoms with Gasteiger partial charge in [-0.15, -0.1) is 0 Å². The Kier molecular flexibility index (Phi) is 6.34. The molecule has 0 atom stereocenters. The summed E-state index contributed by atoms with van der Waals surface area (Å²) < 4.78 is 0. The molecule has 0 unspecified atom stereocenters. The Labute approximate surface area is 111 Å². The van der Waals surface area contributed by atoms with Crippen LogP contribution in [0.2, 0.25) is 0 Å². The molecule has 1 fully saturated rings. The van der Waals surface area contributed by atoms with Crippen molar-refractivity contribution in [2.75, 3.05) is 45.2 Å². The monoisotopic (exact) mass is 273 g/mol. The highest BCUT2D eigenvalue weighted by Gasteiger charge is 2.27. The average molecular weight is 273 g/mol. The van der Waals surface area contributed by atoms with E-state index in [1.165, 1.54) is 4.90 Å². The number of imide groups is 1. The van der Waals surface area contributed by atoms with Crippen molar-refractivity contribution < 1.29 is 9.59 Å². The summed E-state index contributed by atoms with van der Waals surface area (Å²) in [6.07, 6.45) is 2.04. The third-order valence-corrected chi connectivity index (χ3v) is 3.00. The van der Waals surface area contributed by atoms with Crippen LogP contribution in [-0.4, -0.2) is 68.0 Å². The third-order valence-electron chi connectivity index (χ3n) is 2.39. The maximum atomic E-state index is 11.3. The Morgan fingerprint density at radius 2 is 2.17 bits per heavy atom. The second-order valence-corrected chi connectivity index (χ2v) is 4.61. The fourth-order valence-corrected chi connectivity index (χ4v) is 1.77. The lowest BCUT2D eigenvalue weighted by Crippen LogP contribution is -2.43. The standard InChI is InChI=1S/C10H19N5O2S/c1-11-9(13-4-6-18-2)12-3-5-15-8(16)7-14-10(15)17/h3-7H2,1-2H3,(H,14,17)(H2,11,12,13). The van der Waals surface area contributed by atoms with Gasteiger partial charge in [0.05, 0.1) is 6.54 Å². The summed E-state index contributed by atoms with van der Waals surface area (Å²) in [5, 5.41) is 8.66. The minimum absolute atomic E-state index is 0.0968. The first kappa shape index (κ1) is 14.6. The molecule has 0 radical (unpaired) electrons. The fraction of sp³-hybridized carbons (Fsp3) is 0.700. The Morgan fingerprint density at radius 3 is 2.72 bits per heavy atom. The number of guanidine groups is 1. The van der Waals surface area contributed by atoms with Gasteiger partial charge in [-0.25, -0.2) is 4.79 Å². The molecule has 0 spiro atoms. The van der Waals surface area contributed by atoms with Crippen molar-refractivity contribution in [2.45, 2.75) is 0 Å². The molecule has 18 heavy (non-hydrogen) atoms. The first-order valence-corrected chi connectivity index (χ1v) is 7.10. The molecule has 1 aliphatic heterocycles. The van der Waals surface area contributed by atoms with Crippen molar-refractivity contribution in [3.05, 3.63) is 0 Å². The van der Waals surface area contributed by atoms with Gasteiger partial charge in [-0.1, -0.05) is 0 Å². The lowest BCUT2D eigenvalue weighted by molar-refractivity contribution is -0.124. The minimum Gasteiger partial charge on any atom is -0.356 e.